The van der Waals surface area contributed by atoms with Crippen LogP contribution in [0.4, 0.5) is 4.79 Å². The summed E-state index contributed by atoms with van der Waals surface area (Å²) in [7, 11) is 1.24. The van der Waals surface area contributed by atoms with Gasteiger partial charge in [0, 0.05) is 43.2 Å². The molecule has 0 amide bonds. The number of allylic oxidation sites excluding steroid dienone is 4. The van der Waals surface area contributed by atoms with Crippen LogP contribution in [0, 0.1) is 6.92 Å². The zero-order chi connectivity index (χ0) is 29.7. The average Bonchev–Trinajstić information content (AvgIpc) is 3.55. The number of hydrogen-bond donors (Lipinski definition) is 1. The van der Waals surface area contributed by atoms with E-state index >= 15 is 0 Å². The Labute approximate surface area is 239 Å². The van der Waals surface area contributed by atoms with Crippen LogP contribution in [0.5, 0.6) is 5.88 Å². The Kier molecular flexibility index (Phi) is 14.5. The summed E-state index contributed by atoms with van der Waals surface area (Å²) >= 11 is 0. The molecule has 0 aliphatic carbocycles. The summed E-state index contributed by atoms with van der Waals surface area (Å²) < 4.78 is 35.1. The van der Waals surface area contributed by atoms with Gasteiger partial charge in [-0.15, -0.1) is 5.10 Å². The van der Waals surface area contributed by atoms with Crippen LogP contribution in [0.3, 0.4) is 0 Å². The molecule has 0 saturated carbocycles. The Bertz CT molecular complexity index is 965. The first-order chi connectivity index (χ1) is 19.2. The highest BCUT2D eigenvalue weighted by atomic mass is 16.7. The predicted molar refractivity (Wildman–Crippen MR) is 152 cm³/mol. The Morgan fingerprint density at radius 1 is 1.15 bits per heavy atom. The van der Waals surface area contributed by atoms with Crippen molar-refractivity contribution < 1.29 is 38.3 Å². The van der Waals surface area contributed by atoms with Crippen molar-refractivity contribution in [3.63, 3.8) is 0 Å². The molecule has 40 heavy (non-hydrogen) atoms. The number of nitrogens with zero attached hydrogens (tertiary/aromatic N) is 2. The first-order valence-electron chi connectivity index (χ1n) is 14.5. The molecule has 0 aromatic carbocycles. The van der Waals surface area contributed by atoms with Gasteiger partial charge in [0.05, 0.1) is 31.2 Å². The fourth-order valence-corrected chi connectivity index (χ4v) is 4.64. The summed E-state index contributed by atoms with van der Waals surface area (Å²) in [6.45, 7) is 15.7. The molecule has 10 nitrogen and oxygen atoms in total. The van der Waals surface area contributed by atoms with E-state index < -0.39 is 24.7 Å². The smallest absolute Gasteiger partial charge is 0.496 e. The third-order valence-electron chi connectivity index (χ3n) is 6.71. The summed E-state index contributed by atoms with van der Waals surface area (Å²) in [5.74, 6) is 1.39. The Morgan fingerprint density at radius 3 is 2.52 bits per heavy atom. The lowest BCUT2D eigenvalue weighted by atomic mass is 10.0. The summed E-state index contributed by atoms with van der Waals surface area (Å²) in [6.07, 6.45) is 6.05. The highest BCUT2D eigenvalue weighted by Crippen LogP contribution is 2.30. The van der Waals surface area contributed by atoms with Crippen molar-refractivity contribution in [1.29, 1.82) is 0 Å². The largest absolute Gasteiger partial charge is 0.508 e. The second-order valence-electron chi connectivity index (χ2n) is 10.3. The summed E-state index contributed by atoms with van der Waals surface area (Å²) in [6, 6.07) is 0.154. The fourth-order valence-electron chi connectivity index (χ4n) is 4.64. The van der Waals surface area contributed by atoms with E-state index in [-0.39, 0.29) is 18.8 Å². The third-order valence-corrected chi connectivity index (χ3v) is 6.71. The maximum absolute atomic E-state index is 11.3. The minimum absolute atomic E-state index is 0.0257. The van der Waals surface area contributed by atoms with Gasteiger partial charge in [-0.05, 0) is 60.0 Å². The molecular formula is C30H50N2O8. The number of carbonyl (C=O) groups excluding carboxylic acids is 1. The van der Waals surface area contributed by atoms with Crippen molar-refractivity contribution in [3.05, 3.63) is 34.7 Å². The molecule has 228 valence electrons. The lowest BCUT2D eigenvalue weighted by Crippen LogP contribution is -2.41. The molecule has 2 fully saturated rings. The molecule has 2 aliphatic heterocycles. The third kappa shape index (κ3) is 10.8. The summed E-state index contributed by atoms with van der Waals surface area (Å²) in [5, 5.41) is 15.1. The van der Waals surface area contributed by atoms with E-state index in [2.05, 4.69) is 37.7 Å². The number of aliphatic hydroxyl groups excluding tert-OH is 1. The van der Waals surface area contributed by atoms with Gasteiger partial charge in [0.2, 0.25) is 12.2 Å². The van der Waals surface area contributed by atoms with Crippen molar-refractivity contribution in [2.24, 2.45) is 0 Å². The van der Waals surface area contributed by atoms with Gasteiger partial charge < -0.3 is 33.5 Å². The molecule has 3 heterocycles. The molecule has 10 heteroatoms. The maximum atomic E-state index is 11.3. The van der Waals surface area contributed by atoms with Crippen LogP contribution < -0.4 is 4.74 Å². The van der Waals surface area contributed by atoms with E-state index in [0.29, 0.717) is 31.7 Å². The van der Waals surface area contributed by atoms with Crippen LogP contribution in [-0.4, -0.2) is 72.6 Å². The van der Waals surface area contributed by atoms with Gasteiger partial charge in [-0.2, -0.15) is 0 Å². The second-order valence-corrected chi connectivity index (χ2v) is 10.3. The maximum Gasteiger partial charge on any atom is 0.508 e. The van der Waals surface area contributed by atoms with Crippen LogP contribution in [-0.2, 0) is 30.1 Å². The van der Waals surface area contributed by atoms with Crippen LogP contribution >= 0.6 is 0 Å². The van der Waals surface area contributed by atoms with Crippen LogP contribution in [0.15, 0.2) is 23.5 Å². The lowest BCUT2D eigenvalue weighted by molar-refractivity contribution is -0.187. The van der Waals surface area contributed by atoms with E-state index in [0.717, 1.165) is 42.9 Å². The molecule has 1 N–H and O–H groups in total. The van der Waals surface area contributed by atoms with Crippen molar-refractivity contribution in [1.82, 2.24) is 9.78 Å². The molecule has 4 unspecified atom stereocenters. The fraction of sp³-hybridized carbons (Fsp3) is 0.733. The van der Waals surface area contributed by atoms with E-state index in [4.69, 9.17) is 28.8 Å². The van der Waals surface area contributed by atoms with Crippen molar-refractivity contribution in [2.75, 3.05) is 26.9 Å². The second kappa shape index (κ2) is 17.3. The first-order valence-corrected chi connectivity index (χ1v) is 14.5. The summed E-state index contributed by atoms with van der Waals surface area (Å²) in [4.78, 5) is 11.3. The number of carbonyl (C=O) groups is 1. The first kappa shape index (κ1) is 33.6. The van der Waals surface area contributed by atoms with Gasteiger partial charge in [-0.25, -0.2) is 4.79 Å². The van der Waals surface area contributed by atoms with Crippen molar-refractivity contribution >= 4 is 6.16 Å². The zero-order valence-corrected chi connectivity index (χ0v) is 25.6. The number of aliphatic hydroxyl groups is 1. The Hall–Kier alpha value is -2.56. The lowest BCUT2D eigenvalue weighted by Gasteiger charge is -2.32. The van der Waals surface area contributed by atoms with Crippen LogP contribution in [0.2, 0.25) is 0 Å². The minimum Gasteiger partial charge on any atom is -0.496 e. The molecule has 4 atom stereocenters. The molecule has 1 aromatic rings. The quantitative estimate of drug-likeness (QED) is 0.190. The van der Waals surface area contributed by atoms with Gasteiger partial charge in [-0.1, -0.05) is 25.5 Å². The number of methoxy groups -OCH3 is 1. The number of ether oxygens (including phenoxy) is 6. The molecule has 2 aliphatic rings. The van der Waals surface area contributed by atoms with E-state index in [1.165, 1.54) is 12.7 Å². The van der Waals surface area contributed by atoms with Crippen molar-refractivity contribution in [2.45, 2.75) is 118 Å². The number of aromatic nitrogens is 2. The standard InChI is InChI=1S/C28H44N2O8.C2H6/c1-18(2)30-21(5)25(13-19(3)9-7-10-20(4)35-16-23-11-8-12-34-23)27(29-30)38-26-15-22(31)14-24(37-26)17-36-28(32)33-6;1-2/h9-10,18,22-24,26,31H,7-8,11-17H2,1-6H3;1-2H3/b19-9+,20-10+;. The van der Waals surface area contributed by atoms with E-state index in [1.54, 1.807) is 0 Å². The highest BCUT2D eigenvalue weighted by Gasteiger charge is 2.32. The topological polar surface area (TPSA) is 111 Å². The minimum atomic E-state index is -0.790. The molecule has 2 saturated heterocycles. The van der Waals surface area contributed by atoms with Crippen LogP contribution in [0.1, 0.15) is 90.9 Å². The Balaban J connectivity index is 0.00000274. The SMILES string of the molecule is CC.COC(=O)OCC1CC(O)CC(Oc2nn(C(C)C)c(C)c2C/C(C)=C/C/C=C(\C)OCC2CCCO2)O1. The van der Waals surface area contributed by atoms with E-state index in [1.807, 2.05) is 32.4 Å². The van der Waals surface area contributed by atoms with Gasteiger partial charge >= 0.3 is 6.16 Å². The number of hydrogen-bond acceptors (Lipinski definition) is 9. The molecular weight excluding hydrogens is 516 g/mol. The Morgan fingerprint density at radius 2 is 1.88 bits per heavy atom. The van der Waals surface area contributed by atoms with Gasteiger partial charge in [-0.3, -0.25) is 4.68 Å². The molecule has 3 rings (SSSR count). The average molecular weight is 567 g/mol. The van der Waals surface area contributed by atoms with Crippen LogP contribution in [0.25, 0.3) is 0 Å². The highest BCUT2D eigenvalue weighted by molar-refractivity contribution is 5.59. The van der Waals surface area contributed by atoms with E-state index in [9.17, 15) is 9.90 Å². The molecule has 0 radical (unpaired) electrons. The molecule has 0 spiro atoms. The normalized spacial score (nSPS) is 23.4. The number of rotatable bonds is 12. The monoisotopic (exact) mass is 566 g/mol. The van der Waals surface area contributed by atoms with Gasteiger partial charge in [0.25, 0.3) is 0 Å². The van der Waals surface area contributed by atoms with Gasteiger partial charge in [0.15, 0.2) is 0 Å². The van der Waals surface area contributed by atoms with Gasteiger partial charge in [0.1, 0.15) is 13.2 Å². The summed E-state index contributed by atoms with van der Waals surface area (Å²) in [5.41, 5.74) is 3.18. The van der Waals surface area contributed by atoms with Crippen molar-refractivity contribution in [3.8, 4) is 5.88 Å². The predicted octanol–water partition coefficient (Wildman–Crippen LogP) is 5.80. The molecule has 0 bridgehead atoms. The zero-order valence-electron chi connectivity index (χ0n) is 25.6. The molecule has 1 aromatic heterocycles.